The molecule has 4 rings (SSSR count). The molecular weight excluding hydrogens is 345 g/mol. The predicted octanol–water partition coefficient (Wildman–Crippen LogP) is 4.39. The zero-order valence-corrected chi connectivity index (χ0v) is 15.4. The van der Waals surface area contributed by atoms with Gasteiger partial charge < -0.3 is 15.4 Å². The molecule has 4 aliphatic rings. The maximum atomic E-state index is 12.2. The van der Waals surface area contributed by atoms with E-state index in [1.54, 1.807) is 0 Å². The van der Waals surface area contributed by atoms with Crippen LogP contribution in [0.2, 0.25) is 0 Å². The summed E-state index contributed by atoms with van der Waals surface area (Å²) >= 11 is 0. The van der Waals surface area contributed by atoms with Gasteiger partial charge in [0, 0.05) is 18.7 Å². The molecule has 150 valence electrons. The molecule has 7 heteroatoms. The number of nitrogens with one attached hydrogen (secondary N) is 2. The van der Waals surface area contributed by atoms with E-state index in [4.69, 9.17) is 4.74 Å². The van der Waals surface area contributed by atoms with E-state index in [9.17, 15) is 18.0 Å². The number of urea groups is 1. The number of carbonyl (C=O) groups excluding carboxylic acids is 1. The van der Waals surface area contributed by atoms with Crippen LogP contribution in [0.3, 0.4) is 0 Å². The van der Waals surface area contributed by atoms with E-state index in [1.165, 1.54) is 19.3 Å². The van der Waals surface area contributed by atoms with Crippen LogP contribution in [0.25, 0.3) is 0 Å². The second-order valence-corrected chi connectivity index (χ2v) is 8.62. The third-order valence-corrected chi connectivity index (χ3v) is 6.20. The number of hydrogen-bond donors (Lipinski definition) is 2. The molecule has 4 aliphatic carbocycles. The van der Waals surface area contributed by atoms with E-state index < -0.39 is 12.6 Å². The number of unbranched alkanes of at least 4 members (excludes halogenated alkanes) is 2. The van der Waals surface area contributed by atoms with Crippen molar-refractivity contribution in [3.05, 3.63) is 0 Å². The highest BCUT2D eigenvalue weighted by atomic mass is 19.4. The van der Waals surface area contributed by atoms with E-state index in [1.807, 2.05) is 0 Å². The fraction of sp³-hybridized carbons (Fsp3) is 0.947. The second-order valence-electron chi connectivity index (χ2n) is 8.62. The molecule has 4 fully saturated rings. The number of ether oxygens (including phenoxy) is 1. The van der Waals surface area contributed by atoms with Crippen LogP contribution in [-0.2, 0) is 4.74 Å². The lowest BCUT2D eigenvalue weighted by molar-refractivity contribution is -0.145. The van der Waals surface area contributed by atoms with Gasteiger partial charge in [0.15, 0.2) is 0 Å². The van der Waals surface area contributed by atoms with Gasteiger partial charge in [-0.2, -0.15) is 13.2 Å². The van der Waals surface area contributed by atoms with Crippen molar-refractivity contribution in [3.63, 3.8) is 0 Å². The number of carbonyl (C=O) groups is 1. The van der Waals surface area contributed by atoms with Gasteiger partial charge in [-0.15, -0.1) is 0 Å². The van der Waals surface area contributed by atoms with Crippen molar-refractivity contribution in [1.29, 1.82) is 0 Å². The molecule has 0 unspecified atom stereocenters. The maximum Gasteiger partial charge on any atom is 0.391 e. The van der Waals surface area contributed by atoms with Crippen molar-refractivity contribution >= 4 is 6.03 Å². The Morgan fingerprint density at radius 3 is 2.15 bits per heavy atom. The highest BCUT2D eigenvalue weighted by Gasteiger charge is 2.51. The predicted molar refractivity (Wildman–Crippen MR) is 92.8 cm³/mol. The molecule has 4 saturated carbocycles. The van der Waals surface area contributed by atoms with Gasteiger partial charge in [0.25, 0.3) is 0 Å². The molecule has 26 heavy (non-hydrogen) atoms. The van der Waals surface area contributed by atoms with Gasteiger partial charge in [0.2, 0.25) is 0 Å². The van der Waals surface area contributed by atoms with E-state index in [2.05, 4.69) is 10.6 Å². The summed E-state index contributed by atoms with van der Waals surface area (Å²) in [5, 5.41) is 6.22. The third-order valence-electron chi connectivity index (χ3n) is 6.20. The highest BCUT2D eigenvalue weighted by molar-refractivity contribution is 5.74. The molecule has 0 heterocycles. The summed E-state index contributed by atoms with van der Waals surface area (Å²) in [6, 6.07) is -0.0617. The van der Waals surface area contributed by atoms with Crippen LogP contribution in [0.15, 0.2) is 0 Å². The lowest BCUT2D eigenvalue weighted by Crippen LogP contribution is -2.61. The Bertz CT molecular complexity index is 447. The summed E-state index contributed by atoms with van der Waals surface area (Å²) in [4.78, 5) is 12.2. The van der Waals surface area contributed by atoms with Crippen LogP contribution < -0.4 is 10.6 Å². The van der Waals surface area contributed by atoms with Gasteiger partial charge in [-0.3, -0.25) is 0 Å². The first-order chi connectivity index (χ1) is 12.3. The SMILES string of the molecule is O=C(NCCCCCOCCC(F)(F)F)NC12CC3CC(CC(C3)C1)C2. The Balaban J connectivity index is 1.22. The number of amides is 2. The first-order valence-corrected chi connectivity index (χ1v) is 10.0. The number of hydrogen-bond acceptors (Lipinski definition) is 2. The number of halogens is 3. The zero-order valence-electron chi connectivity index (χ0n) is 15.4. The Morgan fingerprint density at radius 2 is 1.58 bits per heavy atom. The molecule has 2 N–H and O–H groups in total. The minimum Gasteiger partial charge on any atom is -0.381 e. The molecule has 0 aliphatic heterocycles. The standard InChI is InChI=1S/C19H31F3N2O2/c20-19(21,22)4-7-26-6-3-1-2-5-23-17(25)24-18-11-14-8-15(12-18)10-16(9-14)13-18/h14-16H,1-13H2,(H2,23,24,25). The fourth-order valence-electron chi connectivity index (χ4n) is 5.55. The Kier molecular flexibility index (Phi) is 6.36. The zero-order chi connectivity index (χ0) is 18.6. The van der Waals surface area contributed by atoms with Crippen LogP contribution >= 0.6 is 0 Å². The third kappa shape index (κ3) is 5.76. The first kappa shape index (κ1) is 19.8. The fourth-order valence-corrected chi connectivity index (χ4v) is 5.55. The smallest absolute Gasteiger partial charge is 0.381 e. The molecule has 4 nitrogen and oxygen atoms in total. The summed E-state index contributed by atoms with van der Waals surface area (Å²) in [6.07, 6.45) is 4.82. The van der Waals surface area contributed by atoms with Crippen molar-refractivity contribution in [2.75, 3.05) is 19.8 Å². The maximum absolute atomic E-state index is 12.2. The normalized spacial score (nSPS) is 32.7. The van der Waals surface area contributed by atoms with E-state index in [0.29, 0.717) is 13.2 Å². The lowest BCUT2D eigenvalue weighted by atomic mass is 9.53. The van der Waals surface area contributed by atoms with Crippen LogP contribution in [0, 0.1) is 17.8 Å². The van der Waals surface area contributed by atoms with Gasteiger partial charge in [-0.1, -0.05) is 0 Å². The summed E-state index contributed by atoms with van der Waals surface area (Å²) in [5.41, 5.74) is 0.0329. The van der Waals surface area contributed by atoms with Crippen LogP contribution in [-0.4, -0.2) is 37.5 Å². The van der Waals surface area contributed by atoms with E-state index >= 15 is 0 Å². The lowest BCUT2D eigenvalue weighted by Gasteiger charge is -2.56. The van der Waals surface area contributed by atoms with Crippen molar-refractivity contribution in [3.8, 4) is 0 Å². The van der Waals surface area contributed by atoms with Crippen LogP contribution in [0.5, 0.6) is 0 Å². The summed E-state index contributed by atoms with van der Waals surface area (Å²) in [6.45, 7) is 0.672. The summed E-state index contributed by atoms with van der Waals surface area (Å²) in [5.74, 6) is 2.41. The monoisotopic (exact) mass is 376 g/mol. The van der Waals surface area contributed by atoms with E-state index in [-0.39, 0.29) is 18.2 Å². The molecule has 0 saturated heterocycles. The van der Waals surface area contributed by atoms with Crippen LogP contribution in [0.1, 0.15) is 64.2 Å². The second kappa shape index (κ2) is 8.36. The van der Waals surface area contributed by atoms with Crippen molar-refractivity contribution in [2.45, 2.75) is 75.9 Å². The average molecular weight is 376 g/mol. The average Bonchev–Trinajstić information content (AvgIpc) is 2.50. The van der Waals surface area contributed by atoms with Crippen LogP contribution in [0.4, 0.5) is 18.0 Å². The van der Waals surface area contributed by atoms with E-state index in [0.717, 1.165) is 56.3 Å². The molecule has 0 aromatic rings. The molecule has 0 radical (unpaired) electrons. The Labute approximate surface area is 153 Å². The molecule has 2 amide bonds. The van der Waals surface area contributed by atoms with Gasteiger partial charge >= 0.3 is 12.2 Å². The molecular formula is C19H31F3N2O2. The molecule has 0 aromatic heterocycles. The summed E-state index contributed by atoms with van der Waals surface area (Å²) < 4.78 is 40.8. The molecule has 0 spiro atoms. The summed E-state index contributed by atoms with van der Waals surface area (Å²) in [7, 11) is 0. The highest BCUT2D eigenvalue weighted by Crippen LogP contribution is 2.55. The quantitative estimate of drug-likeness (QED) is 0.586. The van der Waals surface area contributed by atoms with Gasteiger partial charge in [-0.05, 0) is 75.5 Å². The molecule has 4 bridgehead atoms. The van der Waals surface area contributed by atoms with Gasteiger partial charge in [-0.25, -0.2) is 4.79 Å². The molecule has 0 aromatic carbocycles. The Morgan fingerprint density at radius 1 is 0.962 bits per heavy atom. The van der Waals surface area contributed by atoms with Gasteiger partial charge in [0.1, 0.15) is 0 Å². The topological polar surface area (TPSA) is 50.4 Å². The van der Waals surface area contributed by atoms with Gasteiger partial charge in [0.05, 0.1) is 13.0 Å². The molecule has 0 atom stereocenters. The van der Waals surface area contributed by atoms with Crippen molar-refractivity contribution < 1.29 is 22.7 Å². The Hall–Kier alpha value is -0.980. The number of alkyl halides is 3. The largest absolute Gasteiger partial charge is 0.391 e. The van der Waals surface area contributed by atoms with Crippen molar-refractivity contribution in [2.24, 2.45) is 17.8 Å². The van der Waals surface area contributed by atoms with Crippen molar-refractivity contribution in [1.82, 2.24) is 10.6 Å². The minimum atomic E-state index is -4.14. The first-order valence-electron chi connectivity index (χ1n) is 10.0. The number of rotatable bonds is 9. The minimum absolute atomic E-state index is 0.0329.